The molecule has 30 heavy (non-hydrogen) atoms. The van der Waals surface area contributed by atoms with Crippen molar-refractivity contribution in [3.05, 3.63) is 70.8 Å². The maximum absolute atomic E-state index is 11.2. The number of urea groups is 1. The molecule has 0 aliphatic carbocycles. The summed E-state index contributed by atoms with van der Waals surface area (Å²) in [5.41, 5.74) is 4.26. The molecule has 2 rings (SSSR count). The molecule has 0 aliphatic rings. The summed E-state index contributed by atoms with van der Waals surface area (Å²) in [6.45, 7) is 12.7. The Morgan fingerprint density at radius 2 is 1.47 bits per heavy atom. The Labute approximate surface area is 184 Å². The lowest BCUT2D eigenvalue weighted by molar-refractivity contribution is 0.112. The summed E-state index contributed by atoms with van der Waals surface area (Å²) in [4.78, 5) is 23.1. The van der Waals surface area contributed by atoms with E-state index in [-0.39, 0.29) is 6.03 Å². The monoisotopic (exact) mass is 417 g/mol. The molecule has 0 heterocycles. The number of nitrogens with zero attached hydrogens (tertiary/aromatic N) is 1. The molecule has 0 unspecified atom stereocenters. The number of hydrogen-bond acceptors (Lipinski definition) is 3. The van der Waals surface area contributed by atoms with Gasteiger partial charge in [-0.15, -0.1) is 0 Å². The molecule has 0 saturated carbocycles. The minimum Gasteiger partial charge on any atom is -0.341 e. The van der Waals surface area contributed by atoms with Crippen LogP contribution in [0.1, 0.15) is 54.7 Å². The Morgan fingerprint density at radius 1 is 0.933 bits per heavy atom. The standard InChI is InChI=1S/C11H16N2O.C8H8O.C2H7N.2C2H6/c1-9-6-4-5-7-10(9)8-13(3)11(14)12-2;1-7-3-2-4-8(5-7)6-9;1-3-2;2*1-2/h4-7H,8H2,1-3H3,(H,12,14);2-6H,1H3;3H,1-2H3;2*1-2H3. The molecule has 0 fully saturated rings. The van der Waals surface area contributed by atoms with Crippen LogP contribution >= 0.6 is 0 Å². The number of benzene rings is 2. The van der Waals surface area contributed by atoms with Crippen LogP contribution in [0.5, 0.6) is 0 Å². The van der Waals surface area contributed by atoms with E-state index in [1.54, 1.807) is 25.1 Å². The van der Waals surface area contributed by atoms with Crippen molar-refractivity contribution in [3.63, 3.8) is 0 Å². The molecule has 5 heteroatoms. The first-order valence-electron chi connectivity index (χ1n) is 10.5. The van der Waals surface area contributed by atoms with E-state index >= 15 is 0 Å². The fourth-order valence-corrected chi connectivity index (χ4v) is 2.05. The number of carbonyl (C=O) groups excluding carboxylic acids is 2. The first-order valence-corrected chi connectivity index (χ1v) is 10.5. The van der Waals surface area contributed by atoms with Gasteiger partial charge in [0.15, 0.2) is 0 Å². The van der Waals surface area contributed by atoms with E-state index in [1.807, 2.05) is 98.1 Å². The van der Waals surface area contributed by atoms with Gasteiger partial charge in [0, 0.05) is 26.2 Å². The summed E-state index contributed by atoms with van der Waals surface area (Å²) < 4.78 is 0. The Hall–Kier alpha value is -2.66. The molecule has 5 nitrogen and oxygen atoms in total. The first kappa shape index (κ1) is 32.0. The maximum atomic E-state index is 11.2. The molecule has 0 aromatic heterocycles. The van der Waals surface area contributed by atoms with Crippen LogP contribution in [0.25, 0.3) is 0 Å². The molecule has 0 bridgehead atoms. The van der Waals surface area contributed by atoms with E-state index in [0.29, 0.717) is 6.54 Å². The van der Waals surface area contributed by atoms with Gasteiger partial charge in [0.2, 0.25) is 0 Å². The van der Waals surface area contributed by atoms with E-state index in [4.69, 9.17) is 0 Å². The van der Waals surface area contributed by atoms with Gasteiger partial charge in [0.05, 0.1) is 0 Å². The fourth-order valence-electron chi connectivity index (χ4n) is 2.05. The lowest BCUT2D eigenvalue weighted by Crippen LogP contribution is -2.34. The molecular formula is C25H43N3O2. The molecule has 0 saturated heterocycles. The number of rotatable bonds is 3. The minimum absolute atomic E-state index is 0.0618. The zero-order chi connectivity index (χ0) is 23.9. The van der Waals surface area contributed by atoms with Crippen LogP contribution in [0.2, 0.25) is 0 Å². The molecule has 2 N–H and O–H groups in total. The van der Waals surface area contributed by atoms with Crippen LogP contribution in [0, 0.1) is 13.8 Å². The van der Waals surface area contributed by atoms with Crippen molar-refractivity contribution in [3.8, 4) is 0 Å². The molecule has 2 amide bonds. The van der Waals surface area contributed by atoms with E-state index in [2.05, 4.69) is 10.6 Å². The number of aldehydes is 1. The molecule has 2 aromatic carbocycles. The lowest BCUT2D eigenvalue weighted by atomic mass is 10.1. The Kier molecular flexibility index (Phi) is 24.1. The predicted molar refractivity (Wildman–Crippen MR) is 131 cm³/mol. The average Bonchev–Trinajstić information content (AvgIpc) is 2.78. The van der Waals surface area contributed by atoms with Crippen LogP contribution in [-0.4, -0.2) is 45.4 Å². The largest absolute Gasteiger partial charge is 0.341 e. The minimum atomic E-state index is -0.0618. The van der Waals surface area contributed by atoms with Gasteiger partial charge >= 0.3 is 6.03 Å². The SMILES string of the molecule is CC.CC.CNC.CNC(=O)N(C)Cc1ccccc1C.Cc1cccc(C=O)c1. The van der Waals surface area contributed by atoms with Crippen molar-refractivity contribution >= 4 is 12.3 Å². The maximum Gasteiger partial charge on any atom is 0.317 e. The van der Waals surface area contributed by atoms with Gasteiger partial charge in [-0.3, -0.25) is 4.79 Å². The van der Waals surface area contributed by atoms with Crippen molar-refractivity contribution in [2.45, 2.75) is 48.1 Å². The van der Waals surface area contributed by atoms with Crippen LogP contribution < -0.4 is 10.6 Å². The smallest absolute Gasteiger partial charge is 0.317 e. The second-order valence-electron chi connectivity index (χ2n) is 5.87. The highest BCUT2D eigenvalue weighted by molar-refractivity contribution is 5.74. The molecule has 0 radical (unpaired) electrons. The van der Waals surface area contributed by atoms with Crippen LogP contribution in [-0.2, 0) is 6.54 Å². The summed E-state index contributed by atoms with van der Waals surface area (Å²) in [5, 5.41) is 5.34. The van der Waals surface area contributed by atoms with Gasteiger partial charge in [-0.1, -0.05) is 75.7 Å². The third-order valence-electron chi connectivity index (χ3n) is 3.41. The Morgan fingerprint density at radius 3 is 1.87 bits per heavy atom. The van der Waals surface area contributed by atoms with E-state index in [9.17, 15) is 9.59 Å². The highest BCUT2D eigenvalue weighted by atomic mass is 16.2. The topological polar surface area (TPSA) is 61.4 Å². The quantitative estimate of drug-likeness (QED) is 0.652. The lowest BCUT2D eigenvalue weighted by Gasteiger charge is -2.17. The zero-order valence-electron chi connectivity index (χ0n) is 20.7. The summed E-state index contributed by atoms with van der Waals surface area (Å²) >= 11 is 0. The number of carbonyl (C=O) groups is 2. The van der Waals surface area contributed by atoms with E-state index in [0.717, 1.165) is 17.4 Å². The van der Waals surface area contributed by atoms with Gasteiger partial charge in [0.25, 0.3) is 0 Å². The summed E-state index contributed by atoms with van der Waals surface area (Å²) in [6.07, 6.45) is 0.854. The normalized spacial score (nSPS) is 8.20. The van der Waals surface area contributed by atoms with Crippen LogP contribution in [0.4, 0.5) is 4.79 Å². The second-order valence-corrected chi connectivity index (χ2v) is 5.87. The molecule has 170 valence electrons. The molecular weight excluding hydrogens is 374 g/mol. The number of hydrogen-bond donors (Lipinski definition) is 2. The van der Waals surface area contributed by atoms with E-state index < -0.39 is 0 Å². The summed E-state index contributed by atoms with van der Waals surface area (Å²) in [6, 6.07) is 15.5. The third-order valence-corrected chi connectivity index (χ3v) is 3.41. The van der Waals surface area contributed by atoms with Gasteiger partial charge in [0.1, 0.15) is 6.29 Å². The average molecular weight is 418 g/mol. The van der Waals surface area contributed by atoms with E-state index in [1.165, 1.54) is 11.1 Å². The zero-order valence-corrected chi connectivity index (χ0v) is 20.7. The summed E-state index contributed by atoms with van der Waals surface area (Å²) in [7, 11) is 7.17. The van der Waals surface area contributed by atoms with Gasteiger partial charge in [-0.2, -0.15) is 0 Å². The second kappa shape index (κ2) is 22.6. The van der Waals surface area contributed by atoms with Gasteiger partial charge in [-0.25, -0.2) is 4.79 Å². The number of nitrogens with one attached hydrogen (secondary N) is 2. The van der Waals surface area contributed by atoms with Crippen molar-refractivity contribution in [1.82, 2.24) is 15.5 Å². The summed E-state index contributed by atoms with van der Waals surface area (Å²) in [5.74, 6) is 0. The van der Waals surface area contributed by atoms with Crippen molar-refractivity contribution in [1.29, 1.82) is 0 Å². The Balaban J connectivity index is -0.000000391. The van der Waals surface area contributed by atoms with Crippen molar-refractivity contribution < 1.29 is 9.59 Å². The number of amides is 2. The molecule has 2 aromatic rings. The molecule has 0 aliphatic heterocycles. The third kappa shape index (κ3) is 16.3. The first-order chi connectivity index (χ1) is 14.4. The highest BCUT2D eigenvalue weighted by Gasteiger charge is 2.07. The van der Waals surface area contributed by atoms with Gasteiger partial charge in [-0.05, 0) is 45.1 Å². The highest BCUT2D eigenvalue weighted by Crippen LogP contribution is 2.09. The Bertz CT molecular complexity index is 673. The van der Waals surface area contributed by atoms with Crippen molar-refractivity contribution in [2.24, 2.45) is 0 Å². The molecule has 0 atom stereocenters. The fraction of sp³-hybridized carbons (Fsp3) is 0.440. The van der Waals surface area contributed by atoms with Gasteiger partial charge < -0.3 is 15.5 Å². The number of aryl methyl sites for hydroxylation is 2. The predicted octanol–water partition coefficient (Wildman–Crippen LogP) is 5.46. The van der Waals surface area contributed by atoms with Crippen LogP contribution in [0.15, 0.2) is 48.5 Å². The molecule has 0 spiro atoms. The van der Waals surface area contributed by atoms with Crippen molar-refractivity contribution in [2.75, 3.05) is 28.2 Å². The van der Waals surface area contributed by atoms with Crippen LogP contribution in [0.3, 0.4) is 0 Å².